The molecular formula is C31H30F2N6O3S. The standard InChI is InChI=1S/C31H30F2N6O3S/c1-38(30(41)42-16-23-21-9-4-2-7-19(21)20-8-3-5-10-22(20)23)26-13-14-39(18-31(26,32)33)27-12-6-11-24(35-27)25-17-43-29(36-25)37-28(40)15-34/h2-12,17,23,26H,13-16,18,34H2,1H3,(H,36,37,40)/t26-/m0/s1. The fourth-order valence-electron chi connectivity index (χ4n) is 5.78. The lowest BCUT2D eigenvalue weighted by molar-refractivity contribution is -0.114. The number of nitrogens with zero attached hydrogens (tertiary/aromatic N) is 4. The summed E-state index contributed by atoms with van der Waals surface area (Å²) in [6.45, 7) is -0.438. The van der Waals surface area contributed by atoms with Gasteiger partial charge in [-0.15, -0.1) is 11.3 Å². The number of carbonyl (C=O) groups is 2. The SMILES string of the molecule is CN(C(=O)OCC1c2ccccc2-c2ccccc21)[C@H]1CCN(c2cccc(-c3csc(NC(=O)CN)n3)n2)CC1(F)F. The summed E-state index contributed by atoms with van der Waals surface area (Å²) in [6.07, 6.45) is -0.743. The van der Waals surface area contributed by atoms with Crippen molar-refractivity contribution < 1.29 is 23.1 Å². The number of alkyl halides is 2. The number of amides is 2. The fraction of sp³-hybridized carbons (Fsp3) is 0.290. The van der Waals surface area contributed by atoms with Gasteiger partial charge in [0.05, 0.1) is 18.8 Å². The zero-order valence-electron chi connectivity index (χ0n) is 23.4. The lowest BCUT2D eigenvalue weighted by Crippen LogP contribution is -2.59. The first-order valence-corrected chi connectivity index (χ1v) is 14.8. The number of thiazole rings is 1. The molecule has 6 rings (SSSR count). The number of hydrogen-bond donors (Lipinski definition) is 2. The number of benzene rings is 2. The van der Waals surface area contributed by atoms with Gasteiger partial charge in [0, 0.05) is 24.9 Å². The molecule has 0 radical (unpaired) electrons. The third-order valence-electron chi connectivity index (χ3n) is 7.91. The van der Waals surface area contributed by atoms with Crippen molar-refractivity contribution in [1.29, 1.82) is 0 Å². The Kier molecular flexibility index (Phi) is 7.80. The molecule has 3 N–H and O–H groups in total. The largest absolute Gasteiger partial charge is 0.448 e. The van der Waals surface area contributed by atoms with E-state index in [2.05, 4.69) is 15.3 Å². The van der Waals surface area contributed by atoms with Gasteiger partial charge in [-0.25, -0.2) is 23.5 Å². The van der Waals surface area contributed by atoms with Crippen LogP contribution in [0.25, 0.3) is 22.5 Å². The minimum absolute atomic E-state index is 0.0333. The van der Waals surface area contributed by atoms with E-state index in [1.54, 1.807) is 23.6 Å². The Bertz CT molecular complexity index is 1620. The van der Waals surface area contributed by atoms with Crippen molar-refractivity contribution in [2.24, 2.45) is 5.73 Å². The number of piperidine rings is 1. The highest BCUT2D eigenvalue weighted by molar-refractivity contribution is 7.14. The van der Waals surface area contributed by atoms with Crippen LogP contribution in [-0.4, -0.2) is 72.1 Å². The highest BCUT2D eigenvalue weighted by atomic mass is 32.1. The van der Waals surface area contributed by atoms with Gasteiger partial charge in [0.25, 0.3) is 5.92 Å². The maximum Gasteiger partial charge on any atom is 0.409 e. The number of nitrogens with two attached hydrogens (primary N) is 1. The summed E-state index contributed by atoms with van der Waals surface area (Å²) in [5.41, 5.74) is 10.6. The van der Waals surface area contributed by atoms with Crippen LogP contribution >= 0.6 is 11.3 Å². The van der Waals surface area contributed by atoms with Crippen LogP contribution in [0.1, 0.15) is 23.5 Å². The minimum atomic E-state index is -3.21. The third-order valence-corrected chi connectivity index (χ3v) is 8.67. The van der Waals surface area contributed by atoms with Crippen LogP contribution in [0.5, 0.6) is 0 Å². The zero-order valence-corrected chi connectivity index (χ0v) is 24.2. The number of ether oxygens (including phenoxy) is 1. The third kappa shape index (κ3) is 5.67. The molecule has 1 fully saturated rings. The molecule has 1 saturated heterocycles. The molecule has 2 aromatic carbocycles. The molecule has 1 atom stereocenters. The lowest BCUT2D eigenvalue weighted by Gasteiger charge is -2.42. The van der Waals surface area contributed by atoms with Gasteiger partial charge >= 0.3 is 6.09 Å². The number of rotatable bonds is 7. The predicted molar refractivity (Wildman–Crippen MR) is 161 cm³/mol. The van der Waals surface area contributed by atoms with Crippen molar-refractivity contribution in [1.82, 2.24) is 14.9 Å². The Morgan fingerprint density at radius 3 is 2.42 bits per heavy atom. The van der Waals surface area contributed by atoms with Crippen LogP contribution in [-0.2, 0) is 9.53 Å². The van der Waals surface area contributed by atoms with E-state index in [9.17, 15) is 9.59 Å². The Morgan fingerprint density at radius 2 is 1.74 bits per heavy atom. The van der Waals surface area contributed by atoms with Crippen molar-refractivity contribution in [3.05, 3.63) is 83.2 Å². The van der Waals surface area contributed by atoms with Crippen molar-refractivity contribution >= 4 is 34.3 Å². The van der Waals surface area contributed by atoms with E-state index in [-0.39, 0.29) is 37.9 Å². The number of anilines is 2. The van der Waals surface area contributed by atoms with Gasteiger partial charge in [-0.05, 0) is 40.8 Å². The normalized spacial score (nSPS) is 17.2. The summed E-state index contributed by atoms with van der Waals surface area (Å²) < 4.78 is 36.8. The second-order valence-electron chi connectivity index (χ2n) is 10.6. The van der Waals surface area contributed by atoms with Gasteiger partial charge in [0.2, 0.25) is 5.91 Å². The molecule has 4 aromatic rings. The molecule has 2 amide bonds. The van der Waals surface area contributed by atoms with Gasteiger partial charge < -0.3 is 25.6 Å². The van der Waals surface area contributed by atoms with Crippen molar-refractivity contribution in [2.45, 2.75) is 24.3 Å². The molecular weight excluding hydrogens is 574 g/mol. The van der Waals surface area contributed by atoms with E-state index in [0.29, 0.717) is 22.3 Å². The number of fused-ring (bicyclic) bond motifs is 3. The molecule has 0 saturated carbocycles. The smallest absolute Gasteiger partial charge is 0.409 e. The van der Waals surface area contributed by atoms with E-state index in [0.717, 1.165) is 27.2 Å². The van der Waals surface area contributed by atoms with Crippen LogP contribution in [0.15, 0.2) is 72.1 Å². The molecule has 12 heteroatoms. The number of hydrogen-bond acceptors (Lipinski definition) is 8. The summed E-state index contributed by atoms with van der Waals surface area (Å²) in [4.78, 5) is 36.1. The number of aromatic nitrogens is 2. The first-order valence-electron chi connectivity index (χ1n) is 13.9. The average Bonchev–Trinajstić information content (AvgIpc) is 3.61. The molecule has 0 unspecified atom stereocenters. The summed E-state index contributed by atoms with van der Waals surface area (Å²) in [6, 6.07) is 19.7. The Balaban J connectivity index is 1.10. The van der Waals surface area contributed by atoms with Crippen LogP contribution in [0.3, 0.4) is 0 Å². The van der Waals surface area contributed by atoms with E-state index in [1.807, 2.05) is 48.5 Å². The van der Waals surface area contributed by atoms with Crippen molar-refractivity contribution in [3.63, 3.8) is 0 Å². The highest BCUT2D eigenvalue weighted by Crippen LogP contribution is 2.44. The molecule has 9 nitrogen and oxygen atoms in total. The van der Waals surface area contributed by atoms with Crippen molar-refractivity contribution in [3.8, 4) is 22.5 Å². The molecule has 3 heterocycles. The maximum atomic E-state index is 15.6. The van der Waals surface area contributed by atoms with Crippen LogP contribution in [0.2, 0.25) is 0 Å². The van der Waals surface area contributed by atoms with Gasteiger partial charge in [0.15, 0.2) is 5.13 Å². The summed E-state index contributed by atoms with van der Waals surface area (Å²) in [5, 5.41) is 4.69. The Labute approximate surface area is 251 Å². The highest BCUT2D eigenvalue weighted by Gasteiger charge is 2.48. The summed E-state index contributed by atoms with van der Waals surface area (Å²) in [5.74, 6) is -3.36. The second kappa shape index (κ2) is 11.7. The number of halogens is 2. The molecule has 2 aliphatic rings. The number of pyridine rings is 1. The molecule has 1 aliphatic carbocycles. The first-order chi connectivity index (χ1) is 20.7. The molecule has 2 aromatic heterocycles. The molecule has 43 heavy (non-hydrogen) atoms. The van der Waals surface area contributed by atoms with Gasteiger partial charge in [-0.1, -0.05) is 54.6 Å². The lowest BCUT2D eigenvalue weighted by atomic mass is 9.98. The average molecular weight is 605 g/mol. The van der Waals surface area contributed by atoms with E-state index in [4.69, 9.17) is 10.5 Å². The topological polar surface area (TPSA) is 114 Å². The van der Waals surface area contributed by atoms with Crippen LogP contribution in [0.4, 0.5) is 24.5 Å². The quantitative estimate of drug-likeness (QED) is 0.298. The Hall–Kier alpha value is -4.42. The van der Waals surface area contributed by atoms with Gasteiger partial charge in [-0.3, -0.25) is 4.79 Å². The summed E-state index contributed by atoms with van der Waals surface area (Å²) >= 11 is 1.22. The Morgan fingerprint density at radius 1 is 1.05 bits per heavy atom. The van der Waals surface area contributed by atoms with E-state index >= 15 is 8.78 Å². The molecule has 0 spiro atoms. The van der Waals surface area contributed by atoms with Crippen LogP contribution < -0.4 is 16.0 Å². The van der Waals surface area contributed by atoms with Crippen molar-refractivity contribution in [2.75, 3.05) is 43.5 Å². The molecule has 0 bridgehead atoms. The van der Waals surface area contributed by atoms with Gasteiger partial charge in [-0.2, -0.15) is 0 Å². The molecule has 222 valence electrons. The van der Waals surface area contributed by atoms with Crippen LogP contribution in [0, 0.1) is 0 Å². The predicted octanol–water partition coefficient (Wildman–Crippen LogP) is 5.20. The maximum absolute atomic E-state index is 15.6. The molecule has 1 aliphatic heterocycles. The number of nitrogens with one attached hydrogen (secondary N) is 1. The summed E-state index contributed by atoms with van der Waals surface area (Å²) in [7, 11) is 1.37. The minimum Gasteiger partial charge on any atom is -0.448 e. The fourth-order valence-corrected chi connectivity index (χ4v) is 6.51. The second-order valence-corrected chi connectivity index (χ2v) is 11.4. The monoisotopic (exact) mass is 604 g/mol. The van der Waals surface area contributed by atoms with E-state index < -0.39 is 24.6 Å². The van der Waals surface area contributed by atoms with E-state index in [1.165, 1.54) is 23.3 Å². The zero-order chi connectivity index (χ0) is 30.1. The first kappa shape index (κ1) is 28.7. The van der Waals surface area contributed by atoms with Gasteiger partial charge in [0.1, 0.15) is 24.2 Å². The number of carbonyl (C=O) groups excluding carboxylic acids is 2.